The van der Waals surface area contributed by atoms with Gasteiger partial charge in [0.2, 0.25) is 0 Å². The van der Waals surface area contributed by atoms with Crippen LogP contribution in [0.5, 0.6) is 0 Å². The number of hydrogen-bond donors (Lipinski definition) is 0. The third-order valence-electron chi connectivity index (χ3n) is 23.5. The van der Waals surface area contributed by atoms with Crippen molar-refractivity contribution in [3.63, 3.8) is 0 Å². The van der Waals surface area contributed by atoms with Gasteiger partial charge in [-0.15, -0.1) is 184 Å². The molecule has 8 aromatic heterocycles. The topological polar surface area (TPSA) is 87.2 Å². The van der Waals surface area contributed by atoms with Crippen LogP contribution in [0.3, 0.4) is 0 Å². The normalized spacial score (nSPS) is 12.9. The molecule has 3 radical (unpaired) electrons. The average Bonchev–Trinajstić information content (AvgIpc) is 1.53. The fraction of sp³-hybridized carbons (Fsp3) is 0.136. The quantitative estimate of drug-likeness (QED) is 0.0844. The van der Waals surface area contributed by atoms with Gasteiger partial charge in [-0.05, 0) is 171 Å². The average molecular weight is 2340 g/mol. The van der Waals surface area contributed by atoms with Crippen molar-refractivity contribution in [1.82, 2.24) is 39.0 Å². The second-order valence-corrected chi connectivity index (χ2v) is 54.3. The summed E-state index contributed by atoms with van der Waals surface area (Å²) in [7, 11) is -6.65. The van der Waals surface area contributed by atoms with Crippen LogP contribution in [0.15, 0.2) is 370 Å². The van der Waals surface area contributed by atoms with Crippen LogP contribution < -0.4 is 36.3 Å². The fourth-order valence-corrected chi connectivity index (χ4v) is 27.0. The van der Waals surface area contributed by atoms with Crippen molar-refractivity contribution in [1.29, 1.82) is 0 Å². The van der Waals surface area contributed by atoms with Gasteiger partial charge in [-0.25, -0.2) is 0 Å². The minimum absolute atomic E-state index is 0. The number of benzene rings is 12. The molecule has 669 valence electrons. The molecule has 0 saturated heterocycles. The van der Waals surface area contributed by atoms with E-state index in [1.54, 1.807) is 54.6 Å². The van der Waals surface area contributed by atoms with Crippen molar-refractivity contribution >= 4 is 112 Å². The molecule has 133 heavy (non-hydrogen) atoms. The molecular weight excluding hydrogens is 2220 g/mol. The van der Waals surface area contributed by atoms with Gasteiger partial charge >= 0.3 is 0 Å². The van der Waals surface area contributed by atoms with Gasteiger partial charge in [0.1, 0.15) is 0 Å². The molecule has 15 heteroatoms. The SMILES string of the molecule is CCn1c2ccccc2c2cc[c-]c(-c3ccc([Si](C)(C)C)cn3)c21.Cc1cc(-c2[c-]cc3c(c2)[Si](c2ccccc2)(c2ccccc2)c2ccccc2-3)ncc1[Si](C)(C)C.Cc1cc(-c2[c-]cc3c4ccccc4n(-c4ccccc4)c3c2)ncc1[Si](C)(C)C.[2H]C([2H])([2H])c1cccc(-c2[c-]cccc2)n1.[2H]C([2H])([2H])c1cccc(-c2[c-]cccc2)n1.[2H]C([2H])([2H])c1cccc(-c2[c-]cccc2)n1.[Ir].[Ir].[Ir]. The first kappa shape index (κ1) is 86.4. The Morgan fingerprint density at radius 3 is 1.25 bits per heavy atom. The van der Waals surface area contributed by atoms with Crippen molar-refractivity contribution in [3.05, 3.63) is 435 Å². The van der Waals surface area contributed by atoms with E-state index >= 15 is 0 Å². The number of pyridine rings is 6. The maximum absolute atomic E-state index is 7.29. The monoisotopic (exact) mass is 2340 g/mol. The molecule has 0 N–H and O–H groups in total. The summed E-state index contributed by atoms with van der Waals surface area (Å²) in [5.74, 6) is 0. The zero-order valence-electron chi connectivity index (χ0n) is 85.5. The van der Waals surface area contributed by atoms with Crippen molar-refractivity contribution in [2.45, 2.75) is 107 Å². The van der Waals surface area contributed by atoms with Gasteiger partial charge in [0, 0.05) is 132 Å². The van der Waals surface area contributed by atoms with E-state index in [1.807, 2.05) is 60.7 Å². The molecule has 0 atom stereocenters. The number of para-hydroxylation sites is 3. The molecule has 9 heterocycles. The van der Waals surface area contributed by atoms with Crippen molar-refractivity contribution < 1.29 is 72.7 Å². The standard InChI is InChI=1S/C33H30NSi2.C27H25N2Si.C22H23N2Si.3C12H10N.3Ir/c1-24-21-30(34-23-33(24)35(2,3)4)25-19-20-29-28-17-11-12-18-31(28)36(32(29)22-25,26-13-7-5-8-14-26)27-15-9-6-10-16-27;1-19-16-24(28-18-27(19)30(2,3)4)20-14-15-23-22-12-8-9-13-25(22)29(26(23)17-20)21-10-6-5-7-11-21;1-5-24-21-12-7-6-9-17(21)18-10-8-11-19(22(18)24)20-14-13-16(15-23-20)25(2,3)4;3*1-10-6-5-9-12(13-10)11-7-3-2-4-8-11;;;/h5-18,20-23H,1-4H3;5-13,15-18H,1-4H3;6-10,12-15H,5H2,1-4H3;3*2-7,9H,1H3;;;/q6*-1;;;/i;;;3*1D3;;;. The maximum Gasteiger partial charge on any atom is 0.161 e. The summed E-state index contributed by atoms with van der Waals surface area (Å²) < 4.78 is 70.4. The maximum atomic E-state index is 7.29. The fourth-order valence-electron chi connectivity index (χ4n) is 17.4. The van der Waals surface area contributed by atoms with Crippen molar-refractivity contribution in [2.75, 3.05) is 0 Å². The number of aryl methyl sites for hydroxylation is 6. The van der Waals surface area contributed by atoms with Crippen LogP contribution in [0, 0.1) is 70.8 Å². The molecule has 0 saturated carbocycles. The second kappa shape index (κ2) is 43.8. The van der Waals surface area contributed by atoms with E-state index in [0.717, 1.165) is 57.0 Å². The van der Waals surface area contributed by atoms with Gasteiger partial charge in [0.05, 0.1) is 24.2 Å². The van der Waals surface area contributed by atoms with Gasteiger partial charge in [-0.3, -0.25) is 0 Å². The Morgan fingerprint density at radius 1 is 0.331 bits per heavy atom. The van der Waals surface area contributed by atoms with Gasteiger partial charge < -0.3 is 39.0 Å². The minimum Gasteiger partial charge on any atom is -0.381 e. The van der Waals surface area contributed by atoms with Crippen LogP contribution in [-0.4, -0.2) is 71.3 Å². The van der Waals surface area contributed by atoms with Crippen LogP contribution >= 0.6 is 0 Å². The van der Waals surface area contributed by atoms with E-state index < -0.39 is 52.9 Å². The molecule has 20 aromatic rings. The molecule has 8 nitrogen and oxygen atoms in total. The third kappa shape index (κ3) is 22.1. The molecule has 21 rings (SSSR count). The molecule has 0 aliphatic carbocycles. The summed E-state index contributed by atoms with van der Waals surface area (Å²) in [6, 6.07) is 138. The van der Waals surface area contributed by atoms with E-state index in [0.29, 0.717) is 17.1 Å². The Hall–Kier alpha value is -12.0. The zero-order valence-corrected chi connectivity index (χ0v) is 87.7. The summed E-state index contributed by atoms with van der Waals surface area (Å²) in [6.45, 7) is 22.4. The molecule has 0 spiro atoms. The predicted octanol–water partition coefficient (Wildman–Crippen LogP) is 25.0. The van der Waals surface area contributed by atoms with Gasteiger partial charge in [-0.2, -0.15) is 0 Å². The van der Waals surface area contributed by atoms with Gasteiger partial charge in [0.15, 0.2) is 8.07 Å². The number of nitrogens with zero attached hydrogens (tertiary/aromatic N) is 8. The summed E-state index contributed by atoms with van der Waals surface area (Å²) in [5.41, 5.74) is 22.2. The predicted molar refractivity (Wildman–Crippen MR) is 559 cm³/mol. The minimum atomic E-state index is -2.49. The molecular formula is C118H108Ir3N8Si4-6. The number of hydrogen-bond acceptors (Lipinski definition) is 6. The summed E-state index contributed by atoms with van der Waals surface area (Å²) in [5, 5.41) is 15.0. The van der Waals surface area contributed by atoms with Crippen LogP contribution in [0.4, 0.5) is 0 Å². The van der Waals surface area contributed by atoms with E-state index in [9.17, 15) is 0 Å². The first-order chi connectivity index (χ1) is 66.6. The largest absolute Gasteiger partial charge is 0.381 e. The smallest absolute Gasteiger partial charge is 0.161 e. The van der Waals surface area contributed by atoms with Crippen LogP contribution in [0.1, 0.15) is 47.5 Å². The Morgan fingerprint density at radius 2 is 0.782 bits per heavy atom. The number of fused-ring (bicyclic) bond motifs is 9. The summed E-state index contributed by atoms with van der Waals surface area (Å²) in [4.78, 5) is 27.0. The Balaban J connectivity index is 0.000000147. The first-order valence-electron chi connectivity index (χ1n) is 48.5. The second-order valence-electron chi connectivity index (χ2n) is 35.4. The molecule has 1 aliphatic heterocycles. The molecule has 0 bridgehead atoms. The van der Waals surface area contributed by atoms with Crippen LogP contribution in [0.25, 0.3) is 128 Å². The Kier molecular flexibility index (Phi) is 28.4. The van der Waals surface area contributed by atoms with Crippen LogP contribution in [0.2, 0.25) is 58.9 Å². The Bertz CT molecular complexity index is 7450. The molecule has 0 fully saturated rings. The number of aromatic nitrogens is 8. The van der Waals surface area contributed by atoms with Crippen molar-refractivity contribution in [3.8, 4) is 84.4 Å². The number of rotatable bonds is 13. The van der Waals surface area contributed by atoms with E-state index in [-0.39, 0.29) is 77.4 Å². The van der Waals surface area contributed by atoms with Crippen LogP contribution in [-0.2, 0) is 66.9 Å². The van der Waals surface area contributed by atoms with E-state index in [1.165, 1.54) is 126 Å². The molecule has 0 amide bonds. The van der Waals surface area contributed by atoms with Crippen molar-refractivity contribution in [2.24, 2.45) is 0 Å². The summed E-state index contributed by atoms with van der Waals surface area (Å²) in [6.07, 6.45) is 6.26. The molecule has 0 unspecified atom stereocenters. The third-order valence-corrected chi connectivity index (χ3v) is 34.7. The first-order valence-corrected chi connectivity index (χ1v) is 56.5. The summed E-state index contributed by atoms with van der Waals surface area (Å²) >= 11 is 0. The molecule has 12 aromatic carbocycles. The van der Waals surface area contributed by atoms with E-state index in [2.05, 4.69) is 377 Å². The van der Waals surface area contributed by atoms with Gasteiger partial charge in [-0.1, -0.05) is 292 Å². The Labute approximate surface area is 843 Å². The molecule has 1 aliphatic rings. The van der Waals surface area contributed by atoms with Gasteiger partial charge in [0.25, 0.3) is 0 Å². The van der Waals surface area contributed by atoms with E-state index in [4.69, 9.17) is 27.3 Å². The zero-order chi connectivity index (χ0) is 98.2.